The smallest absolute Gasteiger partial charge is 0.306 e. The lowest BCUT2D eigenvalue weighted by molar-refractivity contribution is -0.259. The van der Waals surface area contributed by atoms with Crippen LogP contribution in [-0.4, -0.2) is 61.0 Å². The van der Waals surface area contributed by atoms with E-state index < -0.39 is 47.8 Å². The molecule has 0 aromatic rings. The van der Waals surface area contributed by atoms with Gasteiger partial charge in [0.25, 0.3) is 0 Å². The molecule has 0 spiro atoms. The zero-order valence-electron chi connectivity index (χ0n) is 18.6. The summed E-state index contributed by atoms with van der Waals surface area (Å²) in [4.78, 5) is 36.3. The van der Waals surface area contributed by atoms with Crippen molar-refractivity contribution < 1.29 is 42.8 Å². The zero-order valence-corrected chi connectivity index (χ0v) is 18.6. The fourth-order valence-corrected chi connectivity index (χ4v) is 3.46. The maximum absolute atomic E-state index is 12.3. The third-order valence-electron chi connectivity index (χ3n) is 4.83. The fourth-order valence-electron chi connectivity index (χ4n) is 3.46. The van der Waals surface area contributed by atoms with Crippen molar-refractivity contribution in [2.75, 3.05) is 13.2 Å². The van der Waals surface area contributed by atoms with Crippen molar-refractivity contribution in [1.82, 2.24) is 0 Å². The van der Waals surface area contributed by atoms with Crippen molar-refractivity contribution in [3.63, 3.8) is 0 Å². The number of rotatable bonds is 11. The SMILES string of the molecule is CCCC(=O)OCC1(COC(=O)CCC)O[C@@H]2OC(C)(C)O[C@@H]2[C@H]1OC(=O)CCC. The number of carbonyl (C=O) groups is 3. The van der Waals surface area contributed by atoms with E-state index in [1.165, 1.54) is 0 Å². The van der Waals surface area contributed by atoms with Crippen LogP contribution in [0.3, 0.4) is 0 Å². The van der Waals surface area contributed by atoms with Crippen LogP contribution in [0, 0.1) is 0 Å². The van der Waals surface area contributed by atoms with E-state index in [4.69, 9.17) is 28.4 Å². The topological polar surface area (TPSA) is 107 Å². The van der Waals surface area contributed by atoms with E-state index in [9.17, 15) is 14.4 Å². The lowest BCUT2D eigenvalue weighted by Crippen LogP contribution is -2.54. The molecule has 2 fully saturated rings. The molecule has 9 heteroatoms. The molecule has 0 saturated carbocycles. The third-order valence-corrected chi connectivity index (χ3v) is 4.83. The summed E-state index contributed by atoms with van der Waals surface area (Å²) in [6.45, 7) is 8.52. The third kappa shape index (κ3) is 6.15. The van der Waals surface area contributed by atoms with E-state index in [2.05, 4.69) is 0 Å². The molecule has 0 aromatic heterocycles. The summed E-state index contributed by atoms with van der Waals surface area (Å²) < 4.78 is 34.3. The van der Waals surface area contributed by atoms with Crippen LogP contribution in [-0.2, 0) is 42.8 Å². The molecule has 30 heavy (non-hydrogen) atoms. The highest BCUT2D eigenvalue weighted by molar-refractivity contribution is 5.71. The average molecular weight is 430 g/mol. The predicted molar refractivity (Wildman–Crippen MR) is 104 cm³/mol. The lowest BCUT2D eigenvalue weighted by Gasteiger charge is -2.35. The molecule has 0 bridgehead atoms. The van der Waals surface area contributed by atoms with Crippen molar-refractivity contribution in [3.8, 4) is 0 Å². The Labute approximate surface area is 177 Å². The van der Waals surface area contributed by atoms with Gasteiger partial charge >= 0.3 is 17.9 Å². The summed E-state index contributed by atoms with van der Waals surface area (Å²) in [5, 5.41) is 0. The Morgan fingerprint density at radius 2 is 1.27 bits per heavy atom. The molecule has 3 atom stereocenters. The first-order valence-corrected chi connectivity index (χ1v) is 10.7. The van der Waals surface area contributed by atoms with Crippen molar-refractivity contribution in [3.05, 3.63) is 0 Å². The molecule has 0 aliphatic carbocycles. The molecule has 2 saturated heterocycles. The molecular weight excluding hydrogens is 396 g/mol. The number of hydrogen-bond donors (Lipinski definition) is 0. The number of fused-ring (bicyclic) bond motifs is 1. The number of ether oxygens (including phenoxy) is 6. The van der Waals surface area contributed by atoms with E-state index in [1.54, 1.807) is 13.8 Å². The van der Waals surface area contributed by atoms with Crippen molar-refractivity contribution in [2.45, 2.75) is 103 Å². The van der Waals surface area contributed by atoms with Gasteiger partial charge in [-0.05, 0) is 33.1 Å². The number of carbonyl (C=O) groups excluding carboxylic acids is 3. The molecule has 0 unspecified atom stereocenters. The van der Waals surface area contributed by atoms with Gasteiger partial charge < -0.3 is 28.4 Å². The van der Waals surface area contributed by atoms with Gasteiger partial charge in [0.1, 0.15) is 13.2 Å². The summed E-state index contributed by atoms with van der Waals surface area (Å²) in [6, 6.07) is 0. The highest BCUT2D eigenvalue weighted by Crippen LogP contribution is 2.44. The second-order valence-electron chi connectivity index (χ2n) is 8.13. The van der Waals surface area contributed by atoms with Crippen LogP contribution in [0.25, 0.3) is 0 Å². The van der Waals surface area contributed by atoms with E-state index in [0.717, 1.165) is 0 Å². The van der Waals surface area contributed by atoms with Gasteiger partial charge in [0.15, 0.2) is 29.9 Å². The Bertz CT molecular complexity index is 594. The van der Waals surface area contributed by atoms with Crippen LogP contribution in [0.2, 0.25) is 0 Å². The first-order valence-electron chi connectivity index (χ1n) is 10.7. The van der Waals surface area contributed by atoms with E-state index in [0.29, 0.717) is 19.3 Å². The standard InChI is InChI=1S/C21H34O9/c1-6-9-14(22)25-12-21(13-26-15(23)10-7-2)18(27-16(24)11-8-3)17-19(30-21)29-20(4,5)28-17/h17-19H,6-13H2,1-5H3/t17-,18-,19+/m1/s1. The van der Waals surface area contributed by atoms with Crippen LogP contribution < -0.4 is 0 Å². The first kappa shape index (κ1) is 24.6. The molecular formula is C21H34O9. The Hall–Kier alpha value is -1.71. The minimum Gasteiger partial charge on any atom is -0.462 e. The summed E-state index contributed by atoms with van der Waals surface area (Å²) in [6.07, 6.45) is -0.0286. The maximum Gasteiger partial charge on any atom is 0.306 e. The maximum atomic E-state index is 12.3. The average Bonchev–Trinajstić information content (AvgIpc) is 3.09. The van der Waals surface area contributed by atoms with Gasteiger partial charge in [-0.1, -0.05) is 20.8 Å². The Morgan fingerprint density at radius 1 is 0.767 bits per heavy atom. The van der Waals surface area contributed by atoms with Crippen LogP contribution in [0.5, 0.6) is 0 Å². The summed E-state index contributed by atoms with van der Waals surface area (Å²) in [5.41, 5.74) is -1.41. The quantitative estimate of drug-likeness (QED) is 0.361. The fraction of sp³-hybridized carbons (Fsp3) is 0.857. The van der Waals surface area contributed by atoms with Crippen LogP contribution in [0.15, 0.2) is 0 Å². The molecule has 0 aromatic carbocycles. The van der Waals surface area contributed by atoms with Gasteiger partial charge in [0.2, 0.25) is 0 Å². The molecule has 2 heterocycles. The molecule has 0 amide bonds. The van der Waals surface area contributed by atoms with Gasteiger partial charge in [0.05, 0.1) is 0 Å². The lowest BCUT2D eigenvalue weighted by atomic mass is 9.96. The monoisotopic (exact) mass is 430 g/mol. The molecule has 2 aliphatic rings. The van der Waals surface area contributed by atoms with E-state index in [1.807, 2.05) is 20.8 Å². The Balaban J connectivity index is 2.27. The summed E-state index contributed by atoms with van der Waals surface area (Å²) in [7, 11) is 0. The minimum absolute atomic E-state index is 0.208. The van der Waals surface area contributed by atoms with Crippen LogP contribution in [0.1, 0.15) is 73.1 Å². The second-order valence-corrected chi connectivity index (χ2v) is 8.13. The van der Waals surface area contributed by atoms with E-state index in [-0.39, 0.29) is 32.5 Å². The second kappa shape index (κ2) is 10.5. The number of hydrogen-bond acceptors (Lipinski definition) is 9. The molecule has 0 N–H and O–H groups in total. The van der Waals surface area contributed by atoms with Crippen molar-refractivity contribution in [1.29, 1.82) is 0 Å². The predicted octanol–water partition coefficient (Wildman–Crippen LogP) is 2.63. The van der Waals surface area contributed by atoms with Crippen LogP contribution in [0.4, 0.5) is 0 Å². The Morgan fingerprint density at radius 3 is 1.77 bits per heavy atom. The molecule has 9 nitrogen and oxygen atoms in total. The normalized spacial score (nSPS) is 26.1. The van der Waals surface area contributed by atoms with Gasteiger partial charge in [0, 0.05) is 19.3 Å². The van der Waals surface area contributed by atoms with Gasteiger partial charge in [-0.25, -0.2) is 0 Å². The van der Waals surface area contributed by atoms with Gasteiger partial charge in [-0.15, -0.1) is 0 Å². The summed E-state index contributed by atoms with van der Waals surface area (Å²) >= 11 is 0. The zero-order chi connectivity index (χ0) is 22.4. The summed E-state index contributed by atoms with van der Waals surface area (Å²) in [5.74, 6) is -2.21. The molecule has 0 radical (unpaired) electrons. The number of esters is 3. The van der Waals surface area contributed by atoms with E-state index >= 15 is 0 Å². The highest BCUT2D eigenvalue weighted by atomic mass is 16.9. The Kier molecular flexibility index (Phi) is 8.63. The van der Waals surface area contributed by atoms with Gasteiger partial charge in [-0.3, -0.25) is 14.4 Å². The largest absolute Gasteiger partial charge is 0.462 e. The van der Waals surface area contributed by atoms with Gasteiger partial charge in [-0.2, -0.15) is 0 Å². The highest BCUT2D eigenvalue weighted by Gasteiger charge is 2.65. The first-order chi connectivity index (χ1) is 14.2. The van der Waals surface area contributed by atoms with Crippen LogP contribution >= 0.6 is 0 Å². The molecule has 2 aliphatic heterocycles. The minimum atomic E-state index is -1.41. The van der Waals surface area contributed by atoms with Crippen molar-refractivity contribution in [2.24, 2.45) is 0 Å². The molecule has 172 valence electrons. The van der Waals surface area contributed by atoms with Crippen molar-refractivity contribution >= 4 is 17.9 Å². The molecule has 2 rings (SSSR count).